The lowest BCUT2D eigenvalue weighted by Gasteiger charge is -2.20. The maximum absolute atomic E-state index is 12.3. The molecule has 0 bridgehead atoms. The summed E-state index contributed by atoms with van der Waals surface area (Å²) in [6.07, 6.45) is 3.52. The molecule has 110 valence electrons. The Morgan fingerprint density at radius 2 is 2.35 bits per heavy atom. The lowest BCUT2D eigenvalue weighted by Crippen LogP contribution is -2.41. The predicted molar refractivity (Wildman–Crippen MR) is 70.7 cm³/mol. The van der Waals surface area contributed by atoms with Crippen LogP contribution in [0.15, 0.2) is 12.4 Å². The van der Waals surface area contributed by atoms with Gasteiger partial charge in [0.15, 0.2) is 0 Å². The van der Waals surface area contributed by atoms with E-state index in [2.05, 4.69) is 15.2 Å². The fraction of sp³-hybridized carbons (Fsp3) is 0.583. The highest BCUT2D eigenvalue weighted by Gasteiger charge is 2.31. The van der Waals surface area contributed by atoms with E-state index in [9.17, 15) is 9.59 Å². The van der Waals surface area contributed by atoms with Gasteiger partial charge in [0.2, 0.25) is 5.91 Å². The summed E-state index contributed by atoms with van der Waals surface area (Å²) in [5.41, 5.74) is 6.63. The number of likely N-dealkylation sites (tertiary alicyclic amines) is 1. The second-order valence-electron chi connectivity index (χ2n) is 4.83. The van der Waals surface area contributed by atoms with Crippen molar-refractivity contribution in [3.05, 3.63) is 18.0 Å². The molecule has 1 aliphatic rings. The van der Waals surface area contributed by atoms with Gasteiger partial charge in [-0.2, -0.15) is 5.10 Å². The number of hydrogen-bond acceptors (Lipinski definition) is 5. The SMILES string of the molecule is COC(=O)NC1CCN(C(=O)C(N)c2cnn(C)c2)C1. The normalized spacial score (nSPS) is 19.8. The van der Waals surface area contributed by atoms with Crippen molar-refractivity contribution in [3.8, 4) is 0 Å². The molecule has 2 heterocycles. The number of nitrogens with zero attached hydrogens (tertiary/aromatic N) is 3. The molecule has 2 atom stereocenters. The molecular weight excluding hydrogens is 262 g/mol. The first kappa shape index (κ1) is 14.3. The van der Waals surface area contributed by atoms with Gasteiger partial charge in [-0.15, -0.1) is 0 Å². The van der Waals surface area contributed by atoms with E-state index in [-0.39, 0.29) is 11.9 Å². The lowest BCUT2D eigenvalue weighted by molar-refractivity contribution is -0.131. The van der Waals surface area contributed by atoms with Crippen LogP contribution in [-0.4, -0.2) is 52.9 Å². The molecule has 0 saturated carbocycles. The summed E-state index contributed by atoms with van der Waals surface area (Å²) in [6.45, 7) is 1.02. The highest BCUT2D eigenvalue weighted by atomic mass is 16.5. The first-order chi connectivity index (χ1) is 9.51. The number of methoxy groups -OCH3 is 1. The van der Waals surface area contributed by atoms with Crippen molar-refractivity contribution < 1.29 is 14.3 Å². The first-order valence-electron chi connectivity index (χ1n) is 6.38. The third kappa shape index (κ3) is 3.08. The maximum Gasteiger partial charge on any atom is 0.407 e. The molecule has 2 amide bonds. The van der Waals surface area contributed by atoms with E-state index in [1.165, 1.54) is 7.11 Å². The molecule has 8 nitrogen and oxygen atoms in total. The molecule has 1 aromatic heterocycles. The molecule has 0 radical (unpaired) electrons. The van der Waals surface area contributed by atoms with Crippen molar-refractivity contribution >= 4 is 12.0 Å². The predicted octanol–water partition coefficient (Wildman–Crippen LogP) is -0.623. The summed E-state index contributed by atoms with van der Waals surface area (Å²) in [4.78, 5) is 25.1. The van der Waals surface area contributed by atoms with Gasteiger partial charge in [-0.25, -0.2) is 4.79 Å². The second kappa shape index (κ2) is 5.91. The van der Waals surface area contributed by atoms with Gasteiger partial charge < -0.3 is 20.7 Å². The zero-order valence-electron chi connectivity index (χ0n) is 11.6. The van der Waals surface area contributed by atoms with E-state index in [0.717, 1.165) is 0 Å². The number of rotatable bonds is 3. The number of aryl methyl sites for hydroxylation is 1. The van der Waals surface area contributed by atoms with Gasteiger partial charge in [-0.1, -0.05) is 0 Å². The number of ether oxygens (including phenoxy) is 1. The fourth-order valence-corrected chi connectivity index (χ4v) is 2.24. The van der Waals surface area contributed by atoms with Crippen LogP contribution in [-0.2, 0) is 16.6 Å². The Labute approximate surface area is 116 Å². The van der Waals surface area contributed by atoms with Crippen molar-refractivity contribution in [2.24, 2.45) is 12.8 Å². The van der Waals surface area contributed by atoms with Gasteiger partial charge in [0.05, 0.1) is 19.3 Å². The fourth-order valence-electron chi connectivity index (χ4n) is 2.24. The van der Waals surface area contributed by atoms with Gasteiger partial charge in [0, 0.05) is 31.9 Å². The number of alkyl carbamates (subject to hydrolysis) is 1. The number of hydrogen-bond donors (Lipinski definition) is 2. The topological polar surface area (TPSA) is 102 Å². The number of nitrogens with one attached hydrogen (secondary N) is 1. The molecule has 0 aromatic carbocycles. The average molecular weight is 281 g/mol. The van der Waals surface area contributed by atoms with Crippen LogP contribution in [0.4, 0.5) is 4.79 Å². The van der Waals surface area contributed by atoms with E-state index >= 15 is 0 Å². The van der Waals surface area contributed by atoms with Gasteiger partial charge >= 0.3 is 6.09 Å². The summed E-state index contributed by atoms with van der Waals surface area (Å²) < 4.78 is 6.14. The molecule has 20 heavy (non-hydrogen) atoms. The molecule has 2 rings (SSSR count). The van der Waals surface area contributed by atoms with Crippen LogP contribution in [0.5, 0.6) is 0 Å². The van der Waals surface area contributed by atoms with Crippen LogP contribution in [0, 0.1) is 0 Å². The Morgan fingerprint density at radius 1 is 1.60 bits per heavy atom. The minimum atomic E-state index is -0.722. The zero-order valence-corrected chi connectivity index (χ0v) is 11.6. The summed E-state index contributed by atoms with van der Waals surface area (Å²) >= 11 is 0. The smallest absolute Gasteiger partial charge is 0.407 e. The molecule has 0 spiro atoms. The zero-order chi connectivity index (χ0) is 14.7. The van der Waals surface area contributed by atoms with Gasteiger partial charge in [-0.05, 0) is 6.42 Å². The summed E-state index contributed by atoms with van der Waals surface area (Å²) in [5.74, 6) is -0.160. The maximum atomic E-state index is 12.3. The monoisotopic (exact) mass is 281 g/mol. The minimum Gasteiger partial charge on any atom is -0.453 e. The van der Waals surface area contributed by atoms with Crippen LogP contribution in [0.1, 0.15) is 18.0 Å². The molecule has 2 unspecified atom stereocenters. The van der Waals surface area contributed by atoms with E-state index in [1.54, 1.807) is 29.0 Å². The van der Waals surface area contributed by atoms with E-state index in [4.69, 9.17) is 5.73 Å². The Balaban J connectivity index is 1.92. The average Bonchev–Trinajstić information content (AvgIpc) is 3.06. The summed E-state index contributed by atoms with van der Waals surface area (Å²) in [5, 5.41) is 6.69. The van der Waals surface area contributed by atoms with Crippen LogP contribution in [0.2, 0.25) is 0 Å². The third-order valence-corrected chi connectivity index (χ3v) is 3.36. The molecule has 1 aromatic rings. The molecule has 0 aliphatic carbocycles. The second-order valence-corrected chi connectivity index (χ2v) is 4.83. The number of nitrogens with two attached hydrogens (primary N) is 1. The highest BCUT2D eigenvalue weighted by Crippen LogP contribution is 2.17. The molecule has 1 fully saturated rings. The first-order valence-corrected chi connectivity index (χ1v) is 6.38. The van der Waals surface area contributed by atoms with Gasteiger partial charge in [0.1, 0.15) is 6.04 Å². The van der Waals surface area contributed by atoms with Crippen molar-refractivity contribution in [2.45, 2.75) is 18.5 Å². The third-order valence-electron chi connectivity index (χ3n) is 3.36. The van der Waals surface area contributed by atoms with Crippen LogP contribution < -0.4 is 11.1 Å². The van der Waals surface area contributed by atoms with Gasteiger partial charge in [-0.3, -0.25) is 9.48 Å². The lowest BCUT2D eigenvalue weighted by atomic mass is 10.1. The summed E-state index contributed by atoms with van der Waals surface area (Å²) in [6, 6.07) is -0.812. The Kier molecular flexibility index (Phi) is 4.23. The Hall–Kier alpha value is -2.09. The minimum absolute atomic E-state index is 0.0903. The number of carbonyl (C=O) groups excluding carboxylic acids is 2. The molecule has 8 heteroatoms. The Morgan fingerprint density at radius 3 is 2.95 bits per heavy atom. The number of amides is 2. The van der Waals surface area contributed by atoms with Crippen LogP contribution in [0.25, 0.3) is 0 Å². The van der Waals surface area contributed by atoms with Gasteiger partial charge in [0.25, 0.3) is 0 Å². The van der Waals surface area contributed by atoms with E-state index < -0.39 is 12.1 Å². The quantitative estimate of drug-likeness (QED) is 0.768. The molecule has 3 N–H and O–H groups in total. The number of aromatic nitrogens is 2. The number of carbonyl (C=O) groups is 2. The standard InChI is InChI=1S/C12H19N5O3/c1-16-6-8(5-14-16)10(13)11(18)17-4-3-9(7-17)15-12(19)20-2/h5-6,9-10H,3-4,7,13H2,1-2H3,(H,15,19). The molecular formula is C12H19N5O3. The molecule has 1 aliphatic heterocycles. The summed E-state index contributed by atoms with van der Waals surface area (Å²) in [7, 11) is 3.08. The van der Waals surface area contributed by atoms with E-state index in [0.29, 0.717) is 25.1 Å². The Bertz CT molecular complexity index is 501. The van der Waals surface area contributed by atoms with Crippen molar-refractivity contribution in [1.29, 1.82) is 0 Å². The van der Waals surface area contributed by atoms with Crippen LogP contribution >= 0.6 is 0 Å². The van der Waals surface area contributed by atoms with Crippen LogP contribution in [0.3, 0.4) is 0 Å². The van der Waals surface area contributed by atoms with Crippen molar-refractivity contribution in [3.63, 3.8) is 0 Å². The molecule has 1 saturated heterocycles. The largest absolute Gasteiger partial charge is 0.453 e. The van der Waals surface area contributed by atoms with Crippen molar-refractivity contribution in [2.75, 3.05) is 20.2 Å². The van der Waals surface area contributed by atoms with E-state index in [1.807, 2.05) is 0 Å². The van der Waals surface area contributed by atoms with Crippen molar-refractivity contribution in [1.82, 2.24) is 20.0 Å². The highest BCUT2D eigenvalue weighted by molar-refractivity contribution is 5.83.